The van der Waals surface area contributed by atoms with E-state index in [1.165, 1.54) is 37.5 Å². The Kier molecular flexibility index (Phi) is 5.85. The Labute approximate surface area is 190 Å². The van der Waals surface area contributed by atoms with Gasteiger partial charge in [0.1, 0.15) is 23.5 Å². The molecule has 5 rings (SSSR count). The average molecular weight is 448 g/mol. The van der Waals surface area contributed by atoms with Crippen molar-refractivity contribution in [3.63, 3.8) is 0 Å². The van der Waals surface area contributed by atoms with E-state index in [-0.39, 0.29) is 18.1 Å². The lowest BCUT2D eigenvalue weighted by Crippen LogP contribution is -2.24. The molecule has 0 radical (unpaired) electrons. The Hall–Kier alpha value is -3.62. The summed E-state index contributed by atoms with van der Waals surface area (Å²) in [5.41, 5.74) is 8.85. The fraction of sp³-hybridized carbons (Fsp3) is 0.375. The van der Waals surface area contributed by atoms with E-state index >= 15 is 0 Å². The topological polar surface area (TPSA) is 122 Å². The van der Waals surface area contributed by atoms with Gasteiger partial charge in [-0.25, -0.2) is 19.3 Å². The predicted molar refractivity (Wildman–Crippen MR) is 124 cm³/mol. The predicted octanol–water partition coefficient (Wildman–Crippen LogP) is 3.61. The van der Waals surface area contributed by atoms with Crippen molar-refractivity contribution < 1.29 is 9.18 Å². The third-order valence-electron chi connectivity index (χ3n) is 6.16. The largest absolute Gasteiger partial charge is 0.404 e. The molecule has 170 valence electrons. The van der Waals surface area contributed by atoms with Crippen molar-refractivity contribution in [2.75, 3.05) is 0 Å². The van der Waals surface area contributed by atoms with Gasteiger partial charge in [-0.3, -0.25) is 9.79 Å². The van der Waals surface area contributed by atoms with Crippen molar-refractivity contribution in [2.45, 2.75) is 57.0 Å². The van der Waals surface area contributed by atoms with Gasteiger partial charge in [-0.05, 0) is 55.0 Å². The molecule has 0 aliphatic heterocycles. The van der Waals surface area contributed by atoms with Gasteiger partial charge in [0, 0.05) is 30.5 Å². The molecule has 2 aliphatic carbocycles. The highest BCUT2D eigenvalue weighted by molar-refractivity contribution is 6.09. The number of nitrogens with two attached hydrogens (primary N) is 1. The molecule has 2 fully saturated rings. The maximum absolute atomic E-state index is 14.3. The molecule has 0 unspecified atom stereocenters. The average Bonchev–Trinajstić information content (AvgIpc) is 3.29. The first-order valence-electron chi connectivity index (χ1n) is 11.3. The van der Waals surface area contributed by atoms with Crippen molar-refractivity contribution in [2.24, 2.45) is 10.7 Å². The van der Waals surface area contributed by atoms with Gasteiger partial charge in [0.2, 0.25) is 0 Å². The Morgan fingerprint density at radius 1 is 1.21 bits per heavy atom. The van der Waals surface area contributed by atoms with Gasteiger partial charge >= 0.3 is 0 Å². The number of imidazole rings is 1. The number of carbonyl (C=O) groups is 1. The number of aromatic nitrogens is 4. The summed E-state index contributed by atoms with van der Waals surface area (Å²) in [4.78, 5) is 33.6. The van der Waals surface area contributed by atoms with Gasteiger partial charge in [0.25, 0.3) is 5.91 Å². The first-order valence-corrected chi connectivity index (χ1v) is 11.3. The lowest BCUT2D eigenvalue weighted by Gasteiger charge is -2.09. The number of H-pyrrole nitrogens is 1. The first kappa shape index (κ1) is 21.2. The Balaban J connectivity index is 1.33. The summed E-state index contributed by atoms with van der Waals surface area (Å²) < 4.78 is 14.3. The molecule has 2 aromatic heterocycles. The second-order valence-electron chi connectivity index (χ2n) is 8.69. The molecular formula is C24H26FN7O. The molecule has 8 nitrogen and oxygen atoms in total. The van der Waals surface area contributed by atoms with Crippen LogP contribution in [0.5, 0.6) is 0 Å². The second kappa shape index (κ2) is 9.09. The molecule has 2 heterocycles. The van der Waals surface area contributed by atoms with Crippen LogP contribution in [0.4, 0.5) is 4.39 Å². The summed E-state index contributed by atoms with van der Waals surface area (Å²) in [5, 5.41) is 2.83. The van der Waals surface area contributed by atoms with Crippen LogP contribution in [0.15, 0.2) is 35.7 Å². The van der Waals surface area contributed by atoms with Gasteiger partial charge in [0.15, 0.2) is 11.3 Å². The number of aliphatic imine (C=N–C) groups is 1. The normalized spacial score (nSPS) is 17.3. The monoisotopic (exact) mass is 447 g/mol. The van der Waals surface area contributed by atoms with E-state index in [1.807, 2.05) is 0 Å². The fourth-order valence-corrected chi connectivity index (χ4v) is 4.22. The van der Waals surface area contributed by atoms with Gasteiger partial charge in [-0.15, -0.1) is 0 Å². The first-order chi connectivity index (χ1) is 16.1. The third kappa shape index (κ3) is 4.76. The minimum atomic E-state index is -0.407. The fourth-order valence-electron chi connectivity index (χ4n) is 4.22. The highest BCUT2D eigenvalue weighted by Gasteiger charge is 2.23. The Morgan fingerprint density at radius 2 is 2.03 bits per heavy atom. The van der Waals surface area contributed by atoms with Crippen LogP contribution in [-0.2, 0) is 6.54 Å². The molecule has 33 heavy (non-hydrogen) atoms. The minimum absolute atomic E-state index is 0.135. The van der Waals surface area contributed by atoms with Crippen molar-refractivity contribution >= 4 is 28.9 Å². The lowest BCUT2D eigenvalue weighted by atomic mass is 10.0. The zero-order valence-electron chi connectivity index (χ0n) is 18.2. The Morgan fingerprint density at radius 3 is 2.79 bits per heavy atom. The number of amides is 1. The molecule has 0 bridgehead atoms. The maximum Gasteiger partial charge on any atom is 0.272 e. The number of carbonyl (C=O) groups excluding carboxylic acids is 1. The summed E-state index contributed by atoms with van der Waals surface area (Å²) in [6, 6.07) is 4.94. The van der Waals surface area contributed by atoms with Gasteiger partial charge < -0.3 is 16.0 Å². The van der Waals surface area contributed by atoms with E-state index in [0.29, 0.717) is 39.8 Å². The smallest absolute Gasteiger partial charge is 0.272 e. The van der Waals surface area contributed by atoms with Crippen LogP contribution < -0.4 is 11.1 Å². The van der Waals surface area contributed by atoms with Crippen LogP contribution in [0.25, 0.3) is 16.7 Å². The molecular weight excluding hydrogens is 421 g/mol. The lowest BCUT2D eigenvalue weighted by molar-refractivity contribution is 0.0947. The van der Waals surface area contributed by atoms with E-state index in [9.17, 15) is 9.18 Å². The van der Waals surface area contributed by atoms with E-state index in [1.54, 1.807) is 12.3 Å². The number of halogens is 1. The number of fused-ring (bicyclic) bond motifs is 1. The number of benzene rings is 1. The second-order valence-corrected chi connectivity index (χ2v) is 8.69. The van der Waals surface area contributed by atoms with Crippen LogP contribution in [0.1, 0.15) is 71.9 Å². The summed E-state index contributed by atoms with van der Waals surface area (Å²) in [5.74, 6) is 0.449. The van der Waals surface area contributed by atoms with Crippen molar-refractivity contribution in [1.82, 2.24) is 25.3 Å². The van der Waals surface area contributed by atoms with Crippen molar-refractivity contribution in [1.29, 1.82) is 0 Å². The number of nitrogens with zero attached hydrogens (tertiary/aromatic N) is 4. The number of aromatic amines is 1. The van der Waals surface area contributed by atoms with E-state index < -0.39 is 5.82 Å². The molecule has 0 atom stereocenters. The zero-order chi connectivity index (χ0) is 22.8. The molecule has 1 amide bonds. The third-order valence-corrected chi connectivity index (χ3v) is 6.16. The molecule has 4 N–H and O–H groups in total. The quantitative estimate of drug-likeness (QED) is 0.478. The van der Waals surface area contributed by atoms with Crippen LogP contribution in [0.3, 0.4) is 0 Å². The Bertz CT molecular complexity index is 1240. The standard InChI is InChI=1S/C24H26FN7O/c25-18-8-14(7-16(9-18)17(10-26)12-27-19-5-6-19)11-28-24(33)21-20-23(30-13-29-21)32-22(31-20)15-3-1-2-4-15/h7-10,12-13,15,19H,1-6,11,26H2,(H,28,33)(H,29,30,31,32). The minimum Gasteiger partial charge on any atom is -0.404 e. The molecule has 0 saturated heterocycles. The number of rotatable bonds is 7. The number of allylic oxidation sites excluding steroid dienone is 1. The summed E-state index contributed by atoms with van der Waals surface area (Å²) in [7, 11) is 0. The molecule has 2 saturated carbocycles. The molecule has 1 aromatic carbocycles. The van der Waals surface area contributed by atoms with Crippen LogP contribution in [-0.4, -0.2) is 38.1 Å². The van der Waals surface area contributed by atoms with E-state index in [0.717, 1.165) is 31.5 Å². The number of hydrogen-bond acceptors (Lipinski definition) is 6. The molecule has 2 aliphatic rings. The summed E-state index contributed by atoms with van der Waals surface area (Å²) in [6.07, 6.45) is 11.1. The molecule has 3 aromatic rings. The van der Waals surface area contributed by atoms with E-state index in [4.69, 9.17) is 5.73 Å². The van der Waals surface area contributed by atoms with Gasteiger partial charge in [-0.1, -0.05) is 12.8 Å². The van der Waals surface area contributed by atoms with Crippen LogP contribution >= 0.6 is 0 Å². The SMILES string of the molecule is NC=C(C=NC1CC1)c1cc(F)cc(CNC(=O)c2ncnc3nc(C4CCCC4)[nH]c23)c1. The van der Waals surface area contributed by atoms with Crippen molar-refractivity contribution in [3.05, 3.63) is 59.2 Å². The van der Waals surface area contributed by atoms with Gasteiger partial charge in [0.05, 0.1) is 6.04 Å². The molecule has 0 spiro atoms. The number of nitrogens with one attached hydrogen (secondary N) is 2. The highest BCUT2D eigenvalue weighted by Crippen LogP contribution is 2.33. The number of hydrogen-bond donors (Lipinski definition) is 3. The van der Waals surface area contributed by atoms with Gasteiger partial charge in [-0.2, -0.15) is 0 Å². The zero-order valence-corrected chi connectivity index (χ0v) is 18.2. The summed E-state index contributed by atoms with van der Waals surface area (Å²) >= 11 is 0. The molecule has 9 heteroatoms. The highest BCUT2D eigenvalue weighted by atomic mass is 19.1. The van der Waals surface area contributed by atoms with E-state index in [2.05, 4.69) is 30.2 Å². The van der Waals surface area contributed by atoms with Crippen LogP contribution in [0.2, 0.25) is 0 Å². The van der Waals surface area contributed by atoms with Crippen LogP contribution in [0, 0.1) is 5.82 Å². The summed E-state index contributed by atoms with van der Waals surface area (Å²) in [6.45, 7) is 0.135. The van der Waals surface area contributed by atoms with Crippen molar-refractivity contribution in [3.8, 4) is 0 Å². The maximum atomic E-state index is 14.3.